The molecule has 114 valence electrons. The molecule has 0 bridgehead atoms. The summed E-state index contributed by atoms with van der Waals surface area (Å²) >= 11 is 0. The van der Waals surface area contributed by atoms with E-state index >= 15 is 0 Å². The van der Waals surface area contributed by atoms with E-state index in [2.05, 4.69) is 62.9 Å². The van der Waals surface area contributed by atoms with Crippen molar-refractivity contribution >= 4 is 0 Å². The smallest absolute Gasteiger partial charge is 0.0919 e. The molecule has 1 unspecified atom stereocenters. The molecule has 0 fully saturated rings. The molecule has 1 atom stereocenters. The van der Waals surface area contributed by atoms with Crippen LogP contribution in [0, 0.1) is 13.8 Å². The van der Waals surface area contributed by atoms with Crippen LogP contribution < -0.4 is 0 Å². The molecule has 3 heteroatoms. The van der Waals surface area contributed by atoms with Gasteiger partial charge in [0, 0.05) is 19.6 Å². The third kappa shape index (κ3) is 5.61. The highest BCUT2D eigenvalue weighted by Gasteiger charge is 2.15. The molecule has 0 heterocycles. The molecule has 3 nitrogen and oxygen atoms in total. The maximum atomic E-state index is 10.5. The van der Waals surface area contributed by atoms with Gasteiger partial charge in [0.2, 0.25) is 0 Å². The summed E-state index contributed by atoms with van der Waals surface area (Å²) in [7, 11) is 4.18. The monoisotopic (exact) mass is 278 g/mol. The van der Waals surface area contributed by atoms with Crippen molar-refractivity contribution in [1.82, 2.24) is 9.80 Å². The Morgan fingerprint density at radius 1 is 1.10 bits per heavy atom. The van der Waals surface area contributed by atoms with Gasteiger partial charge in [0.05, 0.1) is 6.10 Å². The van der Waals surface area contributed by atoms with E-state index in [1.807, 2.05) is 0 Å². The second-order valence-corrected chi connectivity index (χ2v) is 5.98. The van der Waals surface area contributed by atoms with Crippen molar-refractivity contribution in [2.24, 2.45) is 0 Å². The number of aryl methyl sites for hydroxylation is 2. The van der Waals surface area contributed by atoms with Crippen LogP contribution in [0.15, 0.2) is 18.2 Å². The van der Waals surface area contributed by atoms with E-state index in [1.54, 1.807) is 0 Å². The normalized spacial score (nSPS) is 13.2. The van der Waals surface area contributed by atoms with Crippen LogP contribution in [0.25, 0.3) is 0 Å². The summed E-state index contributed by atoms with van der Waals surface area (Å²) in [5, 5.41) is 10.5. The van der Waals surface area contributed by atoms with Gasteiger partial charge in [0.15, 0.2) is 0 Å². The molecular formula is C17H30N2O. The van der Waals surface area contributed by atoms with E-state index in [1.165, 1.54) is 11.1 Å². The minimum Gasteiger partial charge on any atom is -0.387 e. The predicted octanol–water partition coefficient (Wildman–Crippen LogP) is 2.61. The number of aliphatic hydroxyl groups is 1. The van der Waals surface area contributed by atoms with E-state index < -0.39 is 6.10 Å². The van der Waals surface area contributed by atoms with Crippen LogP contribution >= 0.6 is 0 Å². The average Bonchev–Trinajstić information content (AvgIpc) is 2.38. The minimum atomic E-state index is -0.399. The Bertz CT molecular complexity index is 404. The summed E-state index contributed by atoms with van der Waals surface area (Å²) in [6.07, 6.45) is 0.719. The van der Waals surface area contributed by atoms with Gasteiger partial charge >= 0.3 is 0 Å². The zero-order chi connectivity index (χ0) is 15.1. The largest absolute Gasteiger partial charge is 0.387 e. The van der Waals surface area contributed by atoms with Crippen molar-refractivity contribution in [2.45, 2.75) is 33.3 Å². The van der Waals surface area contributed by atoms with Crippen LogP contribution in [0.2, 0.25) is 0 Å². The minimum absolute atomic E-state index is 0.399. The molecular weight excluding hydrogens is 248 g/mol. The summed E-state index contributed by atoms with van der Waals surface area (Å²) in [6, 6.07) is 6.30. The lowest BCUT2D eigenvalue weighted by Crippen LogP contribution is -2.35. The molecule has 1 rings (SSSR count). The molecule has 0 aliphatic heterocycles. The summed E-state index contributed by atoms with van der Waals surface area (Å²) in [5.41, 5.74) is 3.45. The molecule has 1 aromatic carbocycles. The van der Waals surface area contributed by atoms with Crippen molar-refractivity contribution in [3.63, 3.8) is 0 Å². The van der Waals surface area contributed by atoms with Crippen LogP contribution in [0.1, 0.15) is 36.1 Å². The zero-order valence-electron chi connectivity index (χ0n) is 13.7. The third-order valence-electron chi connectivity index (χ3n) is 3.63. The van der Waals surface area contributed by atoms with Crippen molar-refractivity contribution in [2.75, 3.05) is 40.3 Å². The Kier molecular flexibility index (Phi) is 7.20. The number of nitrogens with zero attached hydrogens (tertiary/aromatic N) is 2. The summed E-state index contributed by atoms with van der Waals surface area (Å²) in [5.74, 6) is 0. The number of hydrogen-bond donors (Lipinski definition) is 1. The number of benzene rings is 1. The van der Waals surface area contributed by atoms with Gasteiger partial charge in [-0.3, -0.25) is 4.90 Å². The lowest BCUT2D eigenvalue weighted by atomic mass is 10.0. The van der Waals surface area contributed by atoms with Gasteiger partial charge in [-0.25, -0.2) is 0 Å². The predicted molar refractivity (Wildman–Crippen MR) is 86.2 cm³/mol. The van der Waals surface area contributed by atoms with Crippen LogP contribution in [-0.2, 0) is 0 Å². The van der Waals surface area contributed by atoms with E-state index in [0.29, 0.717) is 6.54 Å². The van der Waals surface area contributed by atoms with E-state index in [9.17, 15) is 5.11 Å². The van der Waals surface area contributed by atoms with Gasteiger partial charge in [-0.05, 0) is 52.0 Å². The Balaban J connectivity index is 2.68. The van der Waals surface area contributed by atoms with E-state index in [-0.39, 0.29) is 0 Å². The fraction of sp³-hybridized carbons (Fsp3) is 0.647. The highest BCUT2D eigenvalue weighted by molar-refractivity contribution is 5.32. The molecule has 1 N–H and O–H groups in total. The maximum absolute atomic E-state index is 10.5. The van der Waals surface area contributed by atoms with Gasteiger partial charge in [-0.1, -0.05) is 30.7 Å². The van der Waals surface area contributed by atoms with Gasteiger partial charge < -0.3 is 10.0 Å². The molecule has 0 radical (unpaired) electrons. The van der Waals surface area contributed by atoms with Gasteiger partial charge in [-0.2, -0.15) is 0 Å². The summed E-state index contributed by atoms with van der Waals surface area (Å²) < 4.78 is 0. The van der Waals surface area contributed by atoms with Crippen LogP contribution in [0.5, 0.6) is 0 Å². The number of likely N-dealkylation sites (N-methyl/N-ethyl adjacent to an activating group) is 1. The van der Waals surface area contributed by atoms with Crippen molar-refractivity contribution in [1.29, 1.82) is 0 Å². The highest BCUT2D eigenvalue weighted by Crippen LogP contribution is 2.20. The third-order valence-corrected chi connectivity index (χ3v) is 3.63. The zero-order valence-corrected chi connectivity index (χ0v) is 13.7. The van der Waals surface area contributed by atoms with Crippen molar-refractivity contribution in [3.05, 3.63) is 34.9 Å². The first kappa shape index (κ1) is 17.2. The maximum Gasteiger partial charge on any atom is 0.0919 e. The summed E-state index contributed by atoms with van der Waals surface area (Å²) in [6.45, 7) is 10.1. The average molecular weight is 278 g/mol. The van der Waals surface area contributed by atoms with Gasteiger partial charge in [0.25, 0.3) is 0 Å². The van der Waals surface area contributed by atoms with Crippen LogP contribution in [0.3, 0.4) is 0 Å². The molecule has 0 spiro atoms. The second-order valence-electron chi connectivity index (χ2n) is 5.98. The van der Waals surface area contributed by atoms with Crippen LogP contribution in [0.4, 0.5) is 0 Å². The molecule has 0 aromatic heterocycles. The molecule has 0 saturated heterocycles. The first-order valence-electron chi connectivity index (χ1n) is 7.56. The fourth-order valence-corrected chi connectivity index (χ4v) is 2.41. The highest BCUT2D eigenvalue weighted by atomic mass is 16.3. The summed E-state index contributed by atoms with van der Waals surface area (Å²) in [4.78, 5) is 4.54. The Hall–Kier alpha value is -0.900. The Labute approximate surface area is 124 Å². The number of rotatable bonds is 8. The number of aliphatic hydroxyl groups excluding tert-OH is 1. The topological polar surface area (TPSA) is 26.7 Å². The fourth-order valence-electron chi connectivity index (χ4n) is 2.41. The van der Waals surface area contributed by atoms with E-state index in [4.69, 9.17) is 0 Å². The van der Waals surface area contributed by atoms with E-state index in [0.717, 1.165) is 31.6 Å². The molecule has 0 aliphatic rings. The molecule has 0 amide bonds. The molecule has 1 aromatic rings. The van der Waals surface area contributed by atoms with Gasteiger partial charge in [0.1, 0.15) is 0 Å². The second kappa shape index (κ2) is 8.40. The van der Waals surface area contributed by atoms with Crippen molar-refractivity contribution < 1.29 is 5.11 Å². The molecule has 0 saturated carbocycles. The Morgan fingerprint density at radius 2 is 1.80 bits per heavy atom. The van der Waals surface area contributed by atoms with Crippen LogP contribution in [-0.4, -0.2) is 55.2 Å². The van der Waals surface area contributed by atoms with Crippen molar-refractivity contribution in [3.8, 4) is 0 Å². The lowest BCUT2D eigenvalue weighted by Gasteiger charge is -2.27. The molecule has 20 heavy (non-hydrogen) atoms. The quantitative estimate of drug-likeness (QED) is 0.792. The first-order valence-corrected chi connectivity index (χ1v) is 7.56. The lowest BCUT2D eigenvalue weighted by molar-refractivity contribution is 0.108. The number of hydrogen-bond acceptors (Lipinski definition) is 3. The molecule has 0 aliphatic carbocycles. The van der Waals surface area contributed by atoms with Gasteiger partial charge in [-0.15, -0.1) is 0 Å². The standard InChI is InChI=1S/C17H30N2O/c1-6-9-19(11-10-18(4)5)13-17(20)16-12-14(2)7-8-15(16)3/h7-8,12,17,20H,6,9-11,13H2,1-5H3. The first-order chi connectivity index (χ1) is 9.43. The SMILES string of the molecule is CCCN(CCN(C)C)CC(O)c1cc(C)ccc1C. The Morgan fingerprint density at radius 3 is 2.40 bits per heavy atom.